The Kier molecular flexibility index (Phi) is 7.10. The fraction of sp³-hybridized carbons (Fsp3) is 0.250. The molecule has 0 unspecified atom stereocenters. The topological polar surface area (TPSA) is 6.48 Å². The van der Waals surface area contributed by atoms with Crippen LogP contribution in [0.1, 0.15) is 11.1 Å². The average Bonchev–Trinajstić information content (AvgIpc) is 2.65. The van der Waals surface area contributed by atoms with Crippen molar-refractivity contribution < 1.29 is 0 Å². The number of nitrogens with zero attached hydrogens (tertiary/aromatic N) is 2. The third-order valence-electron chi connectivity index (χ3n) is 4.34. The van der Waals surface area contributed by atoms with Gasteiger partial charge in [-0.15, -0.1) is 0 Å². The monoisotopic (exact) mass is 475 g/mol. The van der Waals surface area contributed by atoms with Gasteiger partial charge in [0.05, 0.1) is 0 Å². The zero-order chi connectivity index (χ0) is 19.2. The van der Waals surface area contributed by atoms with Crippen molar-refractivity contribution in [2.24, 2.45) is 0 Å². The molecule has 0 atom stereocenters. The summed E-state index contributed by atoms with van der Waals surface area (Å²) in [4.78, 5) is 4.54. The Hall–Kier alpha value is -1.63. The number of hydrogen-bond donors (Lipinski definition) is 0. The van der Waals surface area contributed by atoms with Gasteiger partial charge in [-0.1, -0.05) is 0 Å². The first-order chi connectivity index (χ1) is 13.1. The Morgan fingerprint density at radius 1 is 0.556 bits per heavy atom. The number of hydrogen-bond acceptors (Lipinski definition) is 2. The van der Waals surface area contributed by atoms with E-state index < -0.39 is 19.6 Å². The van der Waals surface area contributed by atoms with Crippen LogP contribution in [0.5, 0.6) is 0 Å². The van der Waals surface area contributed by atoms with Gasteiger partial charge in [0, 0.05) is 0 Å². The van der Waals surface area contributed by atoms with Crippen LogP contribution in [0, 0.1) is 0 Å². The number of rotatable bonds is 7. The zero-order valence-electron chi connectivity index (χ0n) is 16.7. The van der Waals surface area contributed by atoms with Gasteiger partial charge in [0.15, 0.2) is 0 Å². The number of benzene rings is 3. The van der Waals surface area contributed by atoms with Gasteiger partial charge in [0.25, 0.3) is 0 Å². The Balaban J connectivity index is 2.19. The summed E-state index contributed by atoms with van der Waals surface area (Å²) in [5.41, 5.74) is 2.92. The first-order valence-corrected chi connectivity index (χ1v) is 12.8. The predicted octanol–water partition coefficient (Wildman–Crippen LogP) is 2.33. The molecule has 3 aromatic rings. The first kappa shape index (κ1) is 20.1. The molecule has 0 amide bonds. The van der Waals surface area contributed by atoms with E-state index in [-0.39, 0.29) is 0 Å². The van der Waals surface area contributed by atoms with Gasteiger partial charge in [-0.25, -0.2) is 0 Å². The Morgan fingerprint density at radius 2 is 0.963 bits per heavy atom. The van der Waals surface area contributed by atoms with Crippen molar-refractivity contribution in [3.05, 3.63) is 90.0 Å². The molecule has 0 bridgehead atoms. The quantitative estimate of drug-likeness (QED) is 0.487. The van der Waals surface area contributed by atoms with Crippen molar-refractivity contribution in [1.29, 1.82) is 0 Å². The van der Waals surface area contributed by atoms with E-state index in [1.165, 1.54) is 14.7 Å². The predicted molar refractivity (Wildman–Crippen MR) is 119 cm³/mol. The molecule has 3 aromatic carbocycles. The first-order valence-electron chi connectivity index (χ1n) is 9.31. The van der Waals surface area contributed by atoms with Crippen LogP contribution < -0.4 is 10.8 Å². The standard InChI is InChI=1S/C24H29N2Te/c1-25(2)18-20-12-8-10-16-23(20)27(22-14-6-5-7-15-22)24-17-11-9-13-21(24)19-26(3)4/h5-17H,18-19H2,1-4H3/q+1. The van der Waals surface area contributed by atoms with Crippen LogP contribution in [-0.2, 0) is 13.1 Å². The maximum absolute atomic E-state index is 2.37. The van der Waals surface area contributed by atoms with Gasteiger partial charge in [-0.2, -0.15) is 0 Å². The van der Waals surface area contributed by atoms with Crippen molar-refractivity contribution in [2.45, 2.75) is 13.1 Å². The molecular weight excluding hydrogens is 444 g/mol. The SMILES string of the molecule is CN(C)Cc1ccccc1[Te+](c1ccccc1)c1ccccc1CN(C)C. The molecule has 0 spiro atoms. The Bertz CT molecular complexity index is 806. The van der Waals surface area contributed by atoms with E-state index in [0.29, 0.717) is 0 Å². The van der Waals surface area contributed by atoms with Gasteiger partial charge in [-0.3, -0.25) is 0 Å². The molecule has 0 saturated carbocycles. The van der Waals surface area contributed by atoms with Gasteiger partial charge in [-0.05, 0) is 0 Å². The molecule has 0 N–H and O–H groups in total. The fourth-order valence-corrected chi connectivity index (χ4v) is 10.1. The maximum atomic E-state index is 2.37. The zero-order valence-corrected chi connectivity index (χ0v) is 19.1. The van der Waals surface area contributed by atoms with Crippen LogP contribution in [0.4, 0.5) is 0 Å². The van der Waals surface area contributed by atoms with E-state index in [0.717, 1.165) is 13.1 Å². The molecule has 0 aromatic heterocycles. The molecule has 3 rings (SSSR count). The van der Waals surface area contributed by atoms with Crippen LogP contribution in [0.2, 0.25) is 0 Å². The molecule has 27 heavy (non-hydrogen) atoms. The van der Waals surface area contributed by atoms with E-state index >= 15 is 0 Å². The summed E-state index contributed by atoms with van der Waals surface area (Å²) in [5, 5.41) is 0. The minimum atomic E-state index is -1.96. The summed E-state index contributed by atoms with van der Waals surface area (Å²) >= 11 is -1.96. The molecule has 0 aliphatic carbocycles. The molecule has 0 heterocycles. The molecule has 0 fully saturated rings. The van der Waals surface area contributed by atoms with Gasteiger partial charge >= 0.3 is 171 Å². The van der Waals surface area contributed by atoms with Crippen molar-refractivity contribution in [2.75, 3.05) is 28.2 Å². The van der Waals surface area contributed by atoms with E-state index in [1.54, 1.807) is 7.22 Å². The molecule has 0 radical (unpaired) electrons. The normalized spacial score (nSPS) is 11.5. The summed E-state index contributed by atoms with van der Waals surface area (Å²) in [6, 6.07) is 29.3. The molecule has 0 aliphatic heterocycles. The van der Waals surface area contributed by atoms with Gasteiger partial charge in [0.1, 0.15) is 0 Å². The van der Waals surface area contributed by atoms with Gasteiger partial charge in [0.2, 0.25) is 0 Å². The summed E-state index contributed by atoms with van der Waals surface area (Å²) in [5.74, 6) is 0. The third kappa shape index (κ3) is 5.21. The second-order valence-electron chi connectivity index (χ2n) is 7.31. The molecule has 0 saturated heterocycles. The molecule has 0 aliphatic rings. The van der Waals surface area contributed by atoms with E-state index in [1.807, 2.05) is 0 Å². The fourth-order valence-electron chi connectivity index (χ4n) is 3.28. The van der Waals surface area contributed by atoms with E-state index in [4.69, 9.17) is 0 Å². The average molecular weight is 473 g/mol. The Labute approximate surface area is 171 Å². The summed E-state index contributed by atoms with van der Waals surface area (Å²) in [6.45, 7) is 1.96. The van der Waals surface area contributed by atoms with Crippen LogP contribution in [0.15, 0.2) is 78.9 Å². The van der Waals surface area contributed by atoms with E-state index in [9.17, 15) is 0 Å². The summed E-state index contributed by atoms with van der Waals surface area (Å²) < 4.78 is 4.64. The van der Waals surface area contributed by atoms with Crippen molar-refractivity contribution >= 4 is 30.4 Å². The molecule has 2 nitrogen and oxygen atoms in total. The van der Waals surface area contributed by atoms with Crippen molar-refractivity contribution in [3.8, 4) is 0 Å². The van der Waals surface area contributed by atoms with Crippen LogP contribution >= 0.6 is 0 Å². The molecule has 140 valence electrons. The second kappa shape index (κ2) is 9.53. The Morgan fingerprint density at radius 3 is 1.41 bits per heavy atom. The van der Waals surface area contributed by atoms with Crippen molar-refractivity contribution in [1.82, 2.24) is 9.80 Å². The van der Waals surface area contributed by atoms with Crippen LogP contribution in [-0.4, -0.2) is 57.5 Å². The molecule has 3 heteroatoms. The summed E-state index contributed by atoms with van der Waals surface area (Å²) in [7, 11) is 8.61. The van der Waals surface area contributed by atoms with E-state index in [2.05, 4.69) is 117 Å². The molecular formula is C24H29N2Te+. The second-order valence-corrected chi connectivity index (χ2v) is 12.9. The third-order valence-corrected chi connectivity index (χ3v) is 11.2. The van der Waals surface area contributed by atoms with Crippen molar-refractivity contribution in [3.63, 3.8) is 0 Å². The van der Waals surface area contributed by atoms with Crippen LogP contribution in [0.25, 0.3) is 0 Å². The summed E-state index contributed by atoms with van der Waals surface area (Å²) in [6.07, 6.45) is 0. The van der Waals surface area contributed by atoms with Crippen LogP contribution in [0.3, 0.4) is 0 Å². The van der Waals surface area contributed by atoms with Gasteiger partial charge < -0.3 is 0 Å². The minimum absolute atomic E-state index is 0.982.